The number of allylic oxidation sites excluding steroid dienone is 7. The summed E-state index contributed by atoms with van der Waals surface area (Å²) < 4.78 is 22.5. The molecular weight excluding hydrogens is 633 g/mol. The van der Waals surface area contributed by atoms with Crippen molar-refractivity contribution < 1.29 is 59.0 Å². The molecule has 0 spiro atoms. The van der Waals surface area contributed by atoms with Crippen LogP contribution in [0.1, 0.15) is 90.9 Å². The summed E-state index contributed by atoms with van der Waals surface area (Å²) in [5.41, 5.74) is 0. The van der Waals surface area contributed by atoms with Gasteiger partial charge in [0.2, 0.25) is 5.91 Å². The van der Waals surface area contributed by atoms with Gasteiger partial charge in [-0.3, -0.25) is 13.8 Å². The second kappa shape index (κ2) is 24.4. The van der Waals surface area contributed by atoms with E-state index in [1.165, 1.54) is 6.08 Å². The second-order valence-corrected chi connectivity index (χ2v) is 13.2. The number of aliphatic hydroxyl groups excluding tert-OH is 7. The van der Waals surface area contributed by atoms with Crippen molar-refractivity contribution in [3.05, 3.63) is 48.6 Å². The first-order valence-electron chi connectivity index (χ1n) is 16.6. The number of nitrogens with one attached hydrogen (secondary N) is 1. The van der Waals surface area contributed by atoms with Gasteiger partial charge in [0, 0.05) is 0 Å². The molecule has 13 nitrogen and oxygen atoms in total. The van der Waals surface area contributed by atoms with Crippen LogP contribution in [-0.4, -0.2) is 108 Å². The van der Waals surface area contributed by atoms with Crippen LogP contribution in [-0.2, 0) is 18.4 Å². The van der Waals surface area contributed by atoms with Gasteiger partial charge in [-0.15, -0.1) is 0 Å². The minimum Gasteiger partial charge on any atom is -0.393 e. The van der Waals surface area contributed by atoms with E-state index in [-0.39, 0.29) is 6.42 Å². The van der Waals surface area contributed by atoms with E-state index in [1.807, 2.05) is 19.1 Å². The van der Waals surface area contributed by atoms with Crippen LogP contribution in [0.5, 0.6) is 0 Å². The molecule has 1 amide bonds. The average Bonchev–Trinajstić information content (AvgIpc) is 3.03. The number of unbranched alkanes of at least 4 members (excludes halogenated alkanes) is 6. The van der Waals surface area contributed by atoms with E-state index in [0.717, 1.165) is 44.9 Å². The summed E-state index contributed by atoms with van der Waals surface area (Å²) in [7, 11) is -5.14. The molecule has 0 heterocycles. The fourth-order valence-corrected chi connectivity index (χ4v) is 5.81. The third kappa shape index (κ3) is 18.0. The third-order valence-electron chi connectivity index (χ3n) is 7.71. The zero-order chi connectivity index (χ0) is 35.2. The largest absolute Gasteiger partial charge is 0.472 e. The van der Waals surface area contributed by atoms with Crippen LogP contribution in [0.4, 0.5) is 0 Å². The van der Waals surface area contributed by atoms with Crippen molar-refractivity contribution in [2.24, 2.45) is 0 Å². The number of phosphoric ester groups is 1. The van der Waals surface area contributed by atoms with Crippen molar-refractivity contribution >= 4 is 13.7 Å². The maximum atomic E-state index is 12.8. The van der Waals surface area contributed by atoms with E-state index in [9.17, 15) is 50.0 Å². The molecule has 0 radical (unpaired) electrons. The number of phosphoric acid groups is 1. The minimum atomic E-state index is -5.14. The molecule has 0 aliphatic heterocycles. The Morgan fingerprint density at radius 3 is 1.91 bits per heavy atom. The predicted octanol–water partition coefficient (Wildman–Crippen LogP) is 2.46. The van der Waals surface area contributed by atoms with Crippen LogP contribution in [0.25, 0.3) is 0 Å². The number of carbonyl (C=O) groups is 1. The van der Waals surface area contributed by atoms with Crippen LogP contribution in [0.3, 0.4) is 0 Å². The summed E-state index contributed by atoms with van der Waals surface area (Å²) in [5, 5.41) is 73.5. The SMILES string of the molecule is C/C=C/CC/C=C/CC/C=C/C(O)C(COP(=O)(O)OC1C(O)C(O)C(O)C(O)C1O)NC(=O)CC(O)CCCC/C=C\CCCC. The normalized spacial score (nSPS) is 27.1. The van der Waals surface area contributed by atoms with Crippen molar-refractivity contribution in [3.63, 3.8) is 0 Å². The lowest BCUT2D eigenvalue weighted by Crippen LogP contribution is -2.64. The van der Waals surface area contributed by atoms with Crippen molar-refractivity contribution in [2.75, 3.05) is 6.61 Å². The highest BCUT2D eigenvalue weighted by Crippen LogP contribution is 2.47. The molecule has 1 fully saturated rings. The zero-order valence-corrected chi connectivity index (χ0v) is 28.6. The van der Waals surface area contributed by atoms with E-state index >= 15 is 0 Å². The molecule has 272 valence electrons. The molecule has 1 saturated carbocycles. The van der Waals surface area contributed by atoms with Gasteiger partial charge in [0.05, 0.1) is 31.3 Å². The molecule has 0 bridgehead atoms. The first-order valence-corrected chi connectivity index (χ1v) is 18.1. The Hall–Kier alpha value is -1.74. The first kappa shape index (κ1) is 43.3. The van der Waals surface area contributed by atoms with Gasteiger partial charge in [0.25, 0.3) is 0 Å². The quantitative estimate of drug-likeness (QED) is 0.0404. The molecule has 8 unspecified atom stereocenters. The van der Waals surface area contributed by atoms with Gasteiger partial charge in [0.15, 0.2) is 0 Å². The molecule has 0 aromatic heterocycles. The minimum absolute atomic E-state index is 0.275. The molecule has 1 aliphatic rings. The lowest BCUT2D eigenvalue weighted by atomic mass is 9.85. The van der Waals surface area contributed by atoms with E-state index in [4.69, 9.17) is 9.05 Å². The lowest BCUT2D eigenvalue weighted by Gasteiger charge is -2.41. The maximum Gasteiger partial charge on any atom is 0.472 e. The number of rotatable bonds is 24. The zero-order valence-electron chi connectivity index (χ0n) is 27.7. The molecule has 1 rings (SSSR count). The van der Waals surface area contributed by atoms with E-state index in [1.54, 1.807) is 6.08 Å². The Balaban J connectivity index is 2.79. The highest BCUT2D eigenvalue weighted by molar-refractivity contribution is 7.47. The second-order valence-electron chi connectivity index (χ2n) is 11.8. The third-order valence-corrected chi connectivity index (χ3v) is 8.69. The van der Waals surface area contributed by atoms with Gasteiger partial charge in [-0.2, -0.15) is 0 Å². The van der Waals surface area contributed by atoms with Crippen LogP contribution < -0.4 is 5.32 Å². The van der Waals surface area contributed by atoms with Crippen molar-refractivity contribution in [1.82, 2.24) is 5.32 Å². The number of aliphatic hydroxyl groups is 7. The summed E-state index contributed by atoms with van der Waals surface area (Å²) in [4.78, 5) is 23.1. The van der Waals surface area contributed by atoms with Crippen molar-refractivity contribution in [2.45, 2.75) is 146 Å². The Bertz CT molecular complexity index is 1010. The predicted molar refractivity (Wildman–Crippen MR) is 178 cm³/mol. The fraction of sp³-hybridized carbons (Fsp3) is 0.727. The maximum absolute atomic E-state index is 12.8. The van der Waals surface area contributed by atoms with Gasteiger partial charge in [-0.1, -0.05) is 74.8 Å². The van der Waals surface area contributed by atoms with Gasteiger partial charge in [-0.25, -0.2) is 4.57 Å². The molecule has 8 atom stereocenters. The van der Waals surface area contributed by atoms with Crippen LogP contribution in [0.15, 0.2) is 48.6 Å². The van der Waals surface area contributed by atoms with Crippen molar-refractivity contribution in [3.8, 4) is 0 Å². The number of hydrogen-bond donors (Lipinski definition) is 9. The average molecular weight is 692 g/mol. The molecule has 0 saturated heterocycles. The summed E-state index contributed by atoms with van der Waals surface area (Å²) in [6.07, 6.45) is 10.1. The summed E-state index contributed by atoms with van der Waals surface area (Å²) in [6, 6.07) is -1.26. The van der Waals surface area contributed by atoms with E-state index in [2.05, 4.69) is 36.5 Å². The van der Waals surface area contributed by atoms with Gasteiger partial charge >= 0.3 is 7.82 Å². The monoisotopic (exact) mass is 691 g/mol. The van der Waals surface area contributed by atoms with E-state index in [0.29, 0.717) is 25.7 Å². The highest BCUT2D eigenvalue weighted by Gasteiger charge is 2.51. The highest BCUT2D eigenvalue weighted by atomic mass is 31.2. The molecule has 47 heavy (non-hydrogen) atoms. The molecule has 9 N–H and O–H groups in total. The summed E-state index contributed by atoms with van der Waals surface area (Å²) >= 11 is 0. The lowest BCUT2D eigenvalue weighted by molar-refractivity contribution is -0.220. The van der Waals surface area contributed by atoms with Crippen LogP contribution in [0, 0.1) is 0 Å². The molecule has 0 aromatic rings. The number of amides is 1. The molecule has 14 heteroatoms. The van der Waals surface area contributed by atoms with Gasteiger partial charge in [-0.05, 0) is 58.3 Å². The Morgan fingerprint density at radius 1 is 0.787 bits per heavy atom. The summed E-state index contributed by atoms with van der Waals surface area (Å²) in [6.45, 7) is 3.33. The smallest absolute Gasteiger partial charge is 0.393 e. The van der Waals surface area contributed by atoms with Crippen molar-refractivity contribution in [1.29, 1.82) is 0 Å². The molecular formula is C33H58NO12P. The summed E-state index contributed by atoms with van der Waals surface area (Å²) in [5.74, 6) is -0.630. The fourth-order valence-electron chi connectivity index (χ4n) is 4.84. The standard InChI is InChI=1S/C33H58NO12P/c1-3-5-7-9-11-13-15-17-19-21-26(36)25(34-27(37)22-24(35)20-18-16-14-12-10-8-6-4-2)23-45-47(43,44)46-33-31(41)29(39)28(38)30(40)32(33)42/h3,5,10-13,19,21,24-26,28-33,35-36,38-42H,4,6-9,14-18,20,22-23H2,1-2H3,(H,34,37)(H,43,44)/b5-3+,12-10-,13-11+,21-19+. The number of carbonyl (C=O) groups excluding carboxylic acids is 1. The molecule has 1 aliphatic carbocycles. The molecule has 0 aromatic carbocycles. The van der Waals surface area contributed by atoms with Crippen LogP contribution >= 0.6 is 7.82 Å². The Kier molecular flexibility index (Phi) is 22.5. The van der Waals surface area contributed by atoms with Gasteiger partial charge in [0.1, 0.15) is 36.6 Å². The number of hydrogen-bond acceptors (Lipinski definition) is 11. The first-order chi connectivity index (χ1) is 22.3. The van der Waals surface area contributed by atoms with E-state index < -0.39 is 75.2 Å². The topological polar surface area (TPSA) is 226 Å². The Labute approximate surface area is 278 Å². The van der Waals surface area contributed by atoms with Crippen LogP contribution in [0.2, 0.25) is 0 Å². The Morgan fingerprint density at radius 2 is 1.32 bits per heavy atom. The van der Waals surface area contributed by atoms with Gasteiger partial charge < -0.3 is 46.0 Å².